The second-order valence-corrected chi connectivity index (χ2v) is 5.63. The van der Waals surface area contributed by atoms with Gasteiger partial charge in [0.05, 0.1) is 12.6 Å². The zero-order chi connectivity index (χ0) is 14.3. The van der Waals surface area contributed by atoms with Crippen LogP contribution in [0.4, 0.5) is 0 Å². The first kappa shape index (κ1) is 15.7. The summed E-state index contributed by atoms with van der Waals surface area (Å²) in [7, 11) is 0. The summed E-state index contributed by atoms with van der Waals surface area (Å²) in [6.45, 7) is 3.73. The van der Waals surface area contributed by atoms with Crippen molar-refractivity contribution < 1.29 is 9.90 Å². The summed E-state index contributed by atoms with van der Waals surface area (Å²) in [4.78, 5) is 11.8. The van der Waals surface area contributed by atoms with Gasteiger partial charge in [-0.3, -0.25) is 4.79 Å². The van der Waals surface area contributed by atoms with Crippen LogP contribution in [0.3, 0.4) is 0 Å². The average molecular weight is 264 g/mol. The van der Waals surface area contributed by atoms with E-state index in [0.717, 1.165) is 5.56 Å². The Balaban J connectivity index is 2.42. The van der Waals surface area contributed by atoms with E-state index in [2.05, 4.69) is 5.32 Å². The number of hydrogen-bond donors (Lipinski definition) is 3. The van der Waals surface area contributed by atoms with Crippen LogP contribution in [0, 0.1) is 0 Å². The molecule has 0 saturated carbocycles. The molecule has 1 rings (SSSR count). The van der Waals surface area contributed by atoms with Gasteiger partial charge in [-0.1, -0.05) is 30.3 Å². The minimum Gasteiger partial charge on any atom is -0.394 e. The van der Waals surface area contributed by atoms with E-state index in [1.807, 2.05) is 44.2 Å². The number of amides is 1. The molecule has 1 unspecified atom stereocenters. The highest BCUT2D eigenvalue weighted by molar-refractivity contribution is 5.76. The maximum Gasteiger partial charge on any atom is 0.220 e. The lowest BCUT2D eigenvalue weighted by molar-refractivity contribution is -0.122. The summed E-state index contributed by atoms with van der Waals surface area (Å²) in [5, 5.41) is 12.2. The van der Waals surface area contributed by atoms with Crippen LogP contribution in [0.15, 0.2) is 30.3 Å². The Morgan fingerprint density at radius 1 is 1.37 bits per heavy atom. The van der Waals surface area contributed by atoms with Gasteiger partial charge in [-0.25, -0.2) is 0 Å². The van der Waals surface area contributed by atoms with E-state index in [0.29, 0.717) is 19.3 Å². The van der Waals surface area contributed by atoms with Gasteiger partial charge in [-0.05, 0) is 32.3 Å². The normalized spacial score (nSPS) is 13.1. The molecular formula is C15H24N2O2. The molecule has 0 aromatic heterocycles. The summed E-state index contributed by atoms with van der Waals surface area (Å²) in [6, 6.07) is 9.57. The molecular weight excluding hydrogens is 240 g/mol. The molecule has 1 aromatic carbocycles. The van der Waals surface area contributed by atoms with Crippen molar-refractivity contribution in [2.75, 3.05) is 6.61 Å². The zero-order valence-corrected chi connectivity index (χ0v) is 11.7. The third-order valence-electron chi connectivity index (χ3n) is 2.91. The number of benzene rings is 1. The number of carbonyl (C=O) groups is 1. The van der Waals surface area contributed by atoms with E-state index in [9.17, 15) is 9.90 Å². The van der Waals surface area contributed by atoms with Crippen LogP contribution in [0.5, 0.6) is 0 Å². The van der Waals surface area contributed by atoms with E-state index in [1.54, 1.807) is 0 Å². The van der Waals surface area contributed by atoms with Crippen LogP contribution in [0.2, 0.25) is 0 Å². The van der Waals surface area contributed by atoms with Gasteiger partial charge in [0.15, 0.2) is 0 Å². The van der Waals surface area contributed by atoms with E-state index in [-0.39, 0.29) is 24.1 Å². The number of aliphatic hydroxyl groups is 1. The van der Waals surface area contributed by atoms with Crippen LogP contribution < -0.4 is 11.1 Å². The van der Waals surface area contributed by atoms with Crippen LogP contribution in [0.25, 0.3) is 0 Å². The summed E-state index contributed by atoms with van der Waals surface area (Å²) in [6.07, 6.45) is 1.65. The van der Waals surface area contributed by atoms with Crippen LogP contribution >= 0.6 is 0 Å². The van der Waals surface area contributed by atoms with Crippen molar-refractivity contribution in [2.45, 2.75) is 44.7 Å². The lowest BCUT2D eigenvalue weighted by Gasteiger charge is -2.20. The molecule has 4 heteroatoms. The summed E-state index contributed by atoms with van der Waals surface area (Å²) in [5.41, 5.74) is 6.60. The Morgan fingerprint density at radius 2 is 2.00 bits per heavy atom. The minimum absolute atomic E-state index is 0.0616. The first-order valence-corrected chi connectivity index (χ1v) is 6.64. The fourth-order valence-electron chi connectivity index (χ4n) is 1.80. The highest BCUT2D eigenvalue weighted by Crippen LogP contribution is 2.08. The predicted octanol–water partition coefficient (Wildman–Crippen LogP) is 1.22. The SMILES string of the molecule is CC(C)(N)CCC(=O)NC(CO)Cc1ccccc1. The Hall–Kier alpha value is -1.39. The molecule has 1 atom stereocenters. The molecule has 0 aliphatic heterocycles. The molecule has 0 fully saturated rings. The summed E-state index contributed by atoms with van der Waals surface area (Å²) < 4.78 is 0. The van der Waals surface area contributed by atoms with E-state index in [4.69, 9.17) is 5.73 Å². The van der Waals surface area contributed by atoms with Crippen molar-refractivity contribution in [3.8, 4) is 0 Å². The average Bonchev–Trinajstić information content (AvgIpc) is 2.36. The molecule has 1 aromatic rings. The van der Waals surface area contributed by atoms with Crippen molar-refractivity contribution in [3.05, 3.63) is 35.9 Å². The van der Waals surface area contributed by atoms with Crippen molar-refractivity contribution in [2.24, 2.45) is 5.73 Å². The van der Waals surface area contributed by atoms with Crippen LogP contribution in [0.1, 0.15) is 32.3 Å². The standard InChI is InChI=1S/C15H24N2O2/c1-15(2,16)9-8-14(19)17-13(11-18)10-12-6-4-3-5-7-12/h3-7,13,18H,8-11,16H2,1-2H3,(H,17,19). The van der Waals surface area contributed by atoms with Crippen molar-refractivity contribution >= 4 is 5.91 Å². The van der Waals surface area contributed by atoms with Gasteiger partial charge in [-0.2, -0.15) is 0 Å². The van der Waals surface area contributed by atoms with Crippen molar-refractivity contribution in [3.63, 3.8) is 0 Å². The Bertz CT molecular complexity index is 385. The lowest BCUT2D eigenvalue weighted by Crippen LogP contribution is -2.40. The lowest BCUT2D eigenvalue weighted by atomic mass is 9.99. The molecule has 0 aliphatic carbocycles. The third kappa shape index (κ3) is 6.94. The quantitative estimate of drug-likeness (QED) is 0.693. The van der Waals surface area contributed by atoms with Gasteiger partial charge < -0.3 is 16.2 Å². The number of aliphatic hydroxyl groups excluding tert-OH is 1. The van der Waals surface area contributed by atoms with Crippen molar-refractivity contribution in [1.29, 1.82) is 0 Å². The number of nitrogens with two attached hydrogens (primary N) is 1. The van der Waals surface area contributed by atoms with Crippen LogP contribution in [-0.4, -0.2) is 29.2 Å². The van der Waals surface area contributed by atoms with Crippen molar-refractivity contribution in [1.82, 2.24) is 5.32 Å². The van der Waals surface area contributed by atoms with Gasteiger partial charge in [0.1, 0.15) is 0 Å². The van der Waals surface area contributed by atoms with Gasteiger partial charge in [0, 0.05) is 12.0 Å². The summed E-state index contributed by atoms with van der Waals surface area (Å²) in [5.74, 6) is -0.0616. The number of hydrogen-bond acceptors (Lipinski definition) is 3. The molecule has 1 amide bonds. The fourth-order valence-corrected chi connectivity index (χ4v) is 1.80. The topological polar surface area (TPSA) is 75.4 Å². The van der Waals surface area contributed by atoms with E-state index < -0.39 is 0 Å². The van der Waals surface area contributed by atoms with Gasteiger partial charge >= 0.3 is 0 Å². The molecule has 0 heterocycles. The first-order chi connectivity index (χ1) is 8.90. The van der Waals surface area contributed by atoms with Crippen LogP contribution in [-0.2, 0) is 11.2 Å². The molecule has 19 heavy (non-hydrogen) atoms. The summed E-state index contributed by atoms with van der Waals surface area (Å²) >= 11 is 0. The molecule has 0 spiro atoms. The first-order valence-electron chi connectivity index (χ1n) is 6.64. The van der Waals surface area contributed by atoms with E-state index in [1.165, 1.54) is 0 Å². The van der Waals surface area contributed by atoms with E-state index >= 15 is 0 Å². The molecule has 4 N–H and O–H groups in total. The van der Waals surface area contributed by atoms with Gasteiger partial charge in [0.25, 0.3) is 0 Å². The Kier molecular flexibility index (Phi) is 5.99. The number of nitrogens with one attached hydrogen (secondary N) is 1. The smallest absolute Gasteiger partial charge is 0.220 e. The molecule has 0 aliphatic rings. The van der Waals surface area contributed by atoms with Gasteiger partial charge in [-0.15, -0.1) is 0 Å². The number of rotatable bonds is 7. The molecule has 0 radical (unpaired) electrons. The monoisotopic (exact) mass is 264 g/mol. The minimum atomic E-state index is -0.342. The molecule has 106 valence electrons. The third-order valence-corrected chi connectivity index (χ3v) is 2.91. The maximum absolute atomic E-state index is 11.8. The Morgan fingerprint density at radius 3 is 2.53 bits per heavy atom. The highest BCUT2D eigenvalue weighted by atomic mass is 16.3. The maximum atomic E-state index is 11.8. The molecule has 0 bridgehead atoms. The largest absolute Gasteiger partial charge is 0.394 e. The second-order valence-electron chi connectivity index (χ2n) is 5.63. The highest BCUT2D eigenvalue weighted by Gasteiger charge is 2.16. The number of carbonyl (C=O) groups excluding carboxylic acids is 1. The predicted molar refractivity (Wildman–Crippen MR) is 76.7 cm³/mol. The zero-order valence-electron chi connectivity index (χ0n) is 11.7. The molecule has 0 saturated heterocycles. The second kappa shape index (κ2) is 7.26. The molecule has 4 nitrogen and oxygen atoms in total. The Labute approximate surface area is 115 Å². The fraction of sp³-hybridized carbons (Fsp3) is 0.533. The van der Waals surface area contributed by atoms with Gasteiger partial charge in [0.2, 0.25) is 5.91 Å².